The zero-order valence-corrected chi connectivity index (χ0v) is 18.7. The Morgan fingerprint density at radius 3 is 1.33 bits per heavy atom. The first-order valence-electron chi connectivity index (χ1n) is 11.2. The highest BCUT2D eigenvalue weighted by atomic mass is 16.2. The van der Waals surface area contributed by atoms with Crippen molar-refractivity contribution in [3.63, 3.8) is 0 Å². The number of carbonyl (C=O) groups excluding carboxylic acids is 2. The molecule has 0 aliphatic carbocycles. The van der Waals surface area contributed by atoms with E-state index in [0.29, 0.717) is 55.0 Å². The number of aromatic amines is 2. The van der Waals surface area contributed by atoms with E-state index in [1.807, 2.05) is 0 Å². The second-order valence-electron chi connectivity index (χ2n) is 8.36. The smallest absolute Gasteiger partial charge is 0.314 e. The van der Waals surface area contributed by atoms with Gasteiger partial charge in [-0.25, -0.2) is 0 Å². The molecule has 8 heteroatoms. The lowest BCUT2D eigenvalue weighted by molar-refractivity contribution is -0.132. The summed E-state index contributed by atoms with van der Waals surface area (Å²) >= 11 is 0. The summed E-state index contributed by atoms with van der Waals surface area (Å²) in [5, 5.41) is 7.04. The van der Waals surface area contributed by atoms with E-state index in [2.05, 4.69) is 20.6 Å². The molecule has 2 heterocycles. The lowest BCUT2D eigenvalue weighted by Gasteiger charge is -2.12. The van der Waals surface area contributed by atoms with Gasteiger partial charge < -0.3 is 20.6 Å². The maximum absolute atomic E-state index is 12.9. The minimum absolute atomic E-state index is 0.174. The number of H-pyrrole nitrogens is 2. The van der Waals surface area contributed by atoms with Crippen LogP contribution >= 0.6 is 0 Å². The number of benzene rings is 4. The molecule has 4 N–H and O–H groups in total. The minimum atomic E-state index is -0.920. The van der Waals surface area contributed by atoms with Crippen molar-refractivity contribution in [1.29, 1.82) is 0 Å². The van der Waals surface area contributed by atoms with E-state index in [1.54, 1.807) is 84.9 Å². The molecule has 0 radical (unpaired) electrons. The molecule has 0 atom stereocenters. The van der Waals surface area contributed by atoms with E-state index >= 15 is 0 Å². The topological polar surface area (TPSA) is 124 Å². The van der Waals surface area contributed by atoms with Crippen molar-refractivity contribution < 1.29 is 9.59 Å². The van der Waals surface area contributed by atoms with E-state index < -0.39 is 11.8 Å². The third-order valence-electron chi connectivity index (χ3n) is 6.18. The van der Waals surface area contributed by atoms with Gasteiger partial charge in [0.05, 0.1) is 22.4 Å². The molecule has 2 aromatic heterocycles. The van der Waals surface area contributed by atoms with Gasteiger partial charge in [0.25, 0.3) is 0 Å². The fourth-order valence-electron chi connectivity index (χ4n) is 4.46. The van der Waals surface area contributed by atoms with Gasteiger partial charge in [-0.2, -0.15) is 0 Å². The Balaban J connectivity index is 1.35. The number of fused-ring (bicyclic) bond motifs is 4. The molecule has 6 aromatic rings. The summed E-state index contributed by atoms with van der Waals surface area (Å²) in [7, 11) is 0. The van der Waals surface area contributed by atoms with Crippen LogP contribution in [-0.2, 0) is 9.59 Å². The van der Waals surface area contributed by atoms with Crippen LogP contribution in [0.15, 0.2) is 94.5 Å². The van der Waals surface area contributed by atoms with Crippen LogP contribution < -0.4 is 21.5 Å². The Bertz CT molecular complexity index is 1840. The largest absolute Gasteiger partial charge is 0.353 e. The van der Waals surface area contributed by atoms with E-state index in [-0.39, 0.29) is 10.9 Å². The van der Waals surface area contributed by atoms with Gasteiger partial charge in [0.2, 0.25) is 0 Å². The summed E-state index contributed by atoms with van der Waals surface area (Å²) in [5.74, 6) is -1.84. The number of nitrogens with one attached hydrogen (secondary N) is 4. The van der Waals surface area contributed by atoms with Crippen LogP contribution in [0.4, 0.5) is 11.4 Å². The van der Waals surface area contributed by atoms with E-state index in [1.165, 1.54) is 0 Å². The van der Waals surface area contributed by atoms with Crippen LogP contribution in [0.2, 0.25) is 0 Å². The highest BCUT2D eigenvalue weighted by Gasteiger charge is 2.18. The molecule has 174 valence electrons. The molecule has 0 fully saturated rings. The first kappa shape index (κ1) is 21.3. The molecular formula is C28H18N4O4. The molecule has 36 heavy (non-hydrogen) atoms. The summed E-state index contributed by atoms with van der Waals surface area (Å²) in [4.78, 5) is 57.8. The van der Waals surface area contributed by atoms with Gasteiger partial charge in [0, 0.05) is 32.6 Å². The molecule has 0 spiro atoms. The summed E-state index contributed by atoms with van der Waals surface area (Å²) in [6, 6.07) is 24.0. The lowest BCUT2D eigenvalue weighted by Crippen LogP contribution is -2.29. The molecule has 8 nitrogen and oxygen atoms in total. The molecule has 0 bridgehead atoms. The van der Waals surface area contributed by atoms with Gasteiger partial charge in [-0.05, 0) is 48.5 Å². The normalized spacial score (nSPS) is 11.2. The molecular weight excluding hydrogens is 456 g/mol. The highest BCUT2D eigenvalue weighted by molar-refractivity contribution is 6.44. The van der Waals surface area contributed by atoms with Gasteiger partial charge in [-0.1, -0.05) is 36.4 Å². The number of hydrogen-bond donors (Lipinski definition) is 4. The predicted molar refractivity (Wildman–Crippen MR) is 141 cm³/mol. The quantitative estimate of drug-likeness (QED) is 0.221. The third kappa shape index (κ3) is 3.40. The number of pyridine rings is 2. The molecule has 0 saturated carbocycles. The van der Waals surface area contributed by atoms with Crippen LogP contribution in [0.5, 0.6) is 0 Å². The Hall–Kier alpha value is -5.24. The molecule has 0 aliphatic rings. The van der Waals surface area contributed by atoms with Crippen molar-refractivity contribution in [3.8, 4) is 0 Å². The van der Waals surface area contributed by atoms with Crippen molar-refractivity contribution in [1.82, 2.24) is 9.97 Å². The Labute approximate surface area is 202 Å². The first-order chi connectivity index (χ1) is 17.5. The minimum Gasteiger partial charge on any atom is -0.353 e. The van der Waals surface area contributed by atoms with Crippen LogP contribution in [0, 0.1) is 0 Å². The SMILES string of the molecule is O=C(Nc1cccc2c(=O)c3ccccc3[nH]c12)C(=O)Nc1cccc2c(=O)c3ccccc3[nH]c12. The Morgan fingerprint density at radius 2 is 0.889 bits per heavy atom. The molecule has 0 unspecified atom stereocenters. The maximum Gasteiger partial charge on any atom is 0.314 e. The number of anilines is 2. The van der Waals surface area contributed by atoms with Crippen molar-refractivity contribution in [2.75, 3.05) is 10.6 Å². The highest BCUT2D eigenvalue weighted by Crippen LogP contribution is 2.24. The average Bonchev–Trinajstić information content (AvgIpc) is 2.90. The second kappa shape index (κ2) is 8.21. The van der Waals surface area contributed by atoms with Crippen molar-refractivity contribution in [3.05, 3.63) is 105 Å². The fourth-order valence-corrected chi connectivity index (χ4v) is 4.46. The number of amides is 2. The zero-order chi connectivity index (χ0) is 24.8. The summed E-state index contributed by atoms with van der Waals surface area (Å²) in [6.07, 6.45) is 0. The number of carbonyl (C=O) groups is 2. The molecule has 4 aromatic carbocycles. The van der Waals surface area contributed by atoms with E-state index in [4.69, 9.17) is 0 Å². The van der Waals surface area contributed by atoms with Gasteiger partial charge in [0.1, 0.15) is 0 Å². The molecule has 6 rings (SSSR count). The van der Waals surface area contributed by atoms with E-state index in [9.17, 15) is 19.2 Å². The Morgan fingerprint density at radius 1 is 0.500 bits per heavy atom. The number of para-hydroxylation sites is 4. The Kier molecular flexibility index (Phi) is 4.86. The number of aromatic nitrogens is 2. The number of rotatable bonds is 2. The van der Waals surface area contributed by atoms with Gasteiger partial charge in [-0.3, -0.25) is 19.2 Å². The lowest BCUT2D eigenvalue weighted by atomic mass is 10.1. The van der Waals surface area contributed by atoms with Crippen LogP contribution in [-0.4, -0.2) is 21.8 Å². The van der Waals surface area contributed by atoms with Crippen molar-refractivity contribution in [2.45, 2.75) is 0 Å². The summed E-state index contributed by atoms with van der Waals surface area (Å²) in [5.41, 5.74) is 2.33. The zero-order valence-electron chi connectivity index (χ0n) is 18.7. The van der Waals surface area contributed by atoms with Crippen LogP contribution in [0.3, 0.4) is 0 Å². The standard InChI is InChI=1S/C28H18N4O4/c33-25-15-7-1-3-11-19(15)29-23-17(25)9-5-13-21(23)31-27(35)28(36)32-22-14-6-10-18-24(22)30-20-12-4-2-8-16(20)26(18)34/h1-14H,(H,29,33)(H,30,34)(H,31,35)(H,32,36). The van der Waals surface area contributed by atoms with E-state index in [0.717, 1.165) is 0 Å². The average molecular weight is 474 g/mol. The summed E-state index contributed by atoms with van der Waals surface area (Å²) in [6.45, 7) is 0. The fraction of sp³-hybridized carbons (Fsp3) is 0. The molecule has 0 saturated heterocycles. The van der Waals surface area contributed by atoms with Crippen molar-refractivity contribution in [2.24, 2.45) is 0 Å². The maximum atomic E-state index is 12.9. The monoisotopic (exact) mass is 474 g/mol. The third-order valence-corrected chi connectivity index (χ3v) is 6.18. The second-order valence-corrected chi connectivity index (χ2v) is 8.36. The van der Waals surface area contributed by atoms with Crippen LogP contribution in [0.25, 0.3) is 43.6 Å². The molecule has 2 amide bonds. The van der Waals surface area contributed by atoms with Crippen molar-refractivity contribution >= 4 is 66.8 Å². The number of hydrogen-bond acceptors (Lipinski definition) is 4. The molecule has 0 aliphatic heterocycles. The summed E-state index contributed by atoms with van der Waals surface area (Å²) < 4.78 is 0. The van der Waals surface area contributed by atoms with Gasteiger partial charge >= 0.3 is 11.8 Å². The van der Waals surface area contributed by atoms with Gasteiger partial charge in [-0.15, -0.1) is 0 Å². The van der Waals surface area contributed by atoms with Gasteiger partial charge in [0.15, 0.2) is 10.9 Å². The first-order valence-corrected chi connectivity index (χ1v) is 11.2. The predicted octanol–water partition coefficient (Wildman–Crippen LogP) is 4.25. The van der Waals surface area contributed by atoms with Crippen LogP contribution in [0.1, 0.15) is 0 Å².